The second-order valence-corrected chi connectivity index (χ2v) is 5.62. The second kappa shape index (κ2) is 4.73. The fourth-order valence-corrected chi connectivity index (χ4v) is 1.94. The molecule has 0 aliphatic carbocycles. The van der Waals surface area contributed by atoms with Crippen LogP contribution in [0.15, 0.2) is 30.7 Å². The molecule has 0 atom stereocenters. The summed E-state index contributed by atoms with van der Waals surface area (Å²) >= 11 is 0. The van der Waals surface area contributed by atoms with Crippen LogP contribution in [-0.2, 0) is 4.74 Å². The molecule has 0 bridgehead atoms. The van der Waals surface area contributed by atoms with Crippen LogP contribution in [0, 0.1) is 0 Å². The maximum absolute atomic E-state index is 12.0. The average Bonchev–Trinajstić information content (AvgIpc) is 2.44. The van der Waals surface area contributed by atoms with Crippen LogP contribution in [0.4, 0.5) is 0 Å². The lowest BCUT2D eigenvalue weighted by Gasteiger charge is -2.18. The van der Waals surface area contributed by atoms with Gasteiger partial charge >= 0.3 is 5.97 Å². The number of hydrogen-bond donors (Lipinski definition) is 0. The molecular formula is C15H14N4O2. The maximum atomic E-state index is 12.0. The Bertz CT molecular complexity index is 840. The molecule has 0 fully saturated rings. The number of aromatic nitrogens is 4. The van der Waals surface area contributed by atoms with E-state index in [-0.39, 0.29) is 5.69 Å². The third-order valence-corrected chi connectivity index (χ3v) is 2.76. The summed E-state index contributed by atoms with van der Waals surface area (Å²) in [4.78, 5) is 29.0. The van der Waals surface area contributed by atoms with Crippen molar-refractivity contribution >= 4 is 28.0 Å². The van der Waals surface area contributed by atoms with Gasteiger partial charge < -0.3 is 4.74 Å². The Kier molecular flexibility index (Phi) is 3.01. The summed E-state index contributed by atoms with van der Waals surface area (Å²) in [7, 11) is 0. The monoisotopic (exact) mass is 282 g/mol. The number of hydrogen-bond acceptors (Lipinski definition) is 6. The van der Waals surface area contributed by atoms with Crippen LogP contribution in [0.1, 0.15) is 31.3 Å². The summed E-state index contributed by atoms with van der Waals surface area (Å²) in [5, 5.41) is 0.804. The van der Waals surface area contributed by atoms with Gasteiger partial charge in [0.05, 0.1) is 12.4 Å². The molecule has 0 aliphatic rings. The molecule has 3 aromatic rings. The van der Waals surface area contributed by atoms with Crippen LogP contribution in [0.2, 0.25) is 0 Å². The molecule has 0 unspecified atom stereocenters. The quantitative estimate of drug-likeness (QED) is 0.504. The van der Waals surface area contributed by atoms with Gasteiger partial charge in [-0.15, -0.1) is 0 Å². The molecule has 3 aromatic heterocycles. The van der Waals surface area contributed by atoms with Crippen LogP contribution in [0.5, 0.6) is 0 Å². The number of rotatable bonds is 1. The average molecular weight is 282 g/mol. The highest BCUT2D eigenvalue weighted by atomic mass is 16.6. The van der Waals surface area contributed by atoms with Crippen molar-refractivity contribution in [1.82, 2.24) is 19.9 Å². The van der Waals surface area contributed by atoms with Gasteiger partial charge in [0.1, 0.15) is 16.6 Å². The second-order valence-electron chi connectivity index (χ2n) is 5.62. The first-order valence-corrected chi connectivity index (χ1v) is 6.54. The molecule has 0 N–H and O–H groups in total. The van der Waals surface area contributed by atoms with Gasteiger partial charge in [-0.05, 0) is 32.9 Å². The minimum Gasteiger partial charge on any atom is -0.455 e. The zero-order chi connectivity index (χ0) is 15.0. The zero-order valence-corrected chi connectivity index (χ0v) is 12.0. The Morgan fingerprint density at radius 1 is 1.14 bits per heavy atom. The number of fused-ring (bicyclic) bond motifs is 3. The van der Waals surface area contributed by atoms with Crippen molar-refractivity contribution in [3.05, 3.63) is 36.4 Å². The number of esters is 1. The summed E-state index contributed by atoms with van der Waals surface area (Å²) in [5.41, 5.74) is 1.41. The minimum atomic E-state index is -0.570. The molecular weight excluding hydrogens is 268 g/mol. The number of nitrogens with zero attached hydrogens (tertiary/aromatic N) is 4. The number of carbonyl (C=O) groups is 1. The molecule has 3 rings (SSSR count). The van der Waals surface area contributed by atoms with E-state index in [1.807, 2.05) is 12.1 Å². The van der Waals surface area contributed by atoms with E-state index >= 15 is 0 Å². The largest absolute Gasteiger partial charge is 0.455 e. The van der Waals surface area contributed by atoms with Crippen molar-refractivity contribution in [2.75, 3.05) is 0 Å². The Labute approximate surface area is 121 Å². The first-order valence-electron chi connectivity index (χ1n) is 6.54. The third kappa shape index (κ3) is 2.65. The van der Waals surface area contributed by atoms with E-state index in [4.69, 9.17) is 4.74 Å². The predicted molar refractivity (Wildman–Crippen MR) is 77.8 cm³/mol. The lowest BCUT2D eigenvalue weighted by atomic mass is 10.2. The van der Waals surface area contributed by atoms with Gasteiger partial charge in [-0.25, -0.2) is 19.7 Å². The Balaban J connectivity index is 2.09. The lowest BCUT2D eigenvalue weighted by Crippen LogP contribution is -2.24. The van der Waals surface area contributed by atoms with Crippen molar-refractivity contribution in [2.24, 2.45) is 0 Å². The molecule has 0 saturated carbocycles. The van der Waals surface area contributed by atoms with Crippen LogP contribution in [0.3, 0.4) is 0 Å². The molecule has 3 heterocycles. The lowest BCUT2D eigenvalue weighted by molar-refractivity contribution is 0.00628. The zero-order valence-electron chi connectivity index (χ0n) is 12.0. The van der Waals surface area contributed by atoms with E-state index in [9.17, 15) is 4.79 Å². The van der Waals surface area contributed by atoms with Crippen LogP contribution >= 0.6 is 0 Å². The van der Waals surface area contributed by atoms with Gasteiger partial charge in [0.25, 0.3) is 0 Å². The van der Waals surface area contributed by atoms with Gasteiger partial charge in [-0.3, -0.25) is 4.98 Å². The fourth-order valence-electron chi connectivity index (χ4n) is 1.94. The molecule has 0 amide bonds. The van der Waals surface area contributed by atoms with Crippen molar-refractivity contribution in [2.45, 2.75) is 26.4 Å². The van der Waals surface area contributed by atoms with Crippen LogP contribution in [-0.4, -0.2) is 31.5 Å². The maximum Gasteiger partial charge on any atom is 0.359 e. The standard InChI is InChI=1S/C15H14N4O2/c1-15(2,3)21-14(20)11-8-17-12-9-5-4-6-16-13(9)18-7-10(12)19-11/h4-8H,1-3H3. The third-order valence-electron chi connectivity index (χ3n) is 2.76. The molecule has 0 radical (unpaired) electrons. The highest BCUT2D eigenvalue weighted by molar-refractivity contribution is 6.00. The summed E-state index contributed by atoms with van der Waals surface area (Å²) in [6.07, 6.45) is 4.65. The molecule has 21 heavy (non-hydrogen) atoms. The summed E-state index contributed by atoms with van der Waals surface area (Å²) in [6.45, 7) is 5.42. The first-order chi connectivity index (χ1) is 9.94. The van der Waals surface area contributed by atoms with E-state index in [1.165, 1.54) is 6.20 Å². The smallest absolute Gasteiger partial charge is 0.359 e. The van der Waals surface area contributed by atoms with E-state index < -0.39 is 11.6 Å². The van der Waals surface area contributed by atoms with Gasteiger partial charge in [0.15, 0.2) is 11.3 Å². The summed E-state index contributed by atoms with van der Waals surface area (Å²) in [5.74, 6) is -0.497. The van der Waals surface area contributed by atoms with Gasteiger partial charge in [0.2, 0.25) is 0 Å². The molecule has 0 aromatic carbocycles. The van der Waals surface area contributed by atoms with Gasteiger partial charge in [0, 0.05) is 11.6 Å². The number of carbonyl (C=O) groups excluding carboxylic acids is 1. The Morgan fingerprint density at radius 3 is 2.71 bits per heavy atom. The van der Waals surface area contributed by atoms with Crippen molar-refractivity contribution in [3.8, 4) is 0 Å². The van der Waals surface area contributed by atoms with Crippen LogP contribution in [0.25, 0.3) is 22.1 Å². The number of pyridine rings is 2. The van der Waals surface area contributed by atoms with E-state index in [2.05, 4.69) is 19.9 Å². The Hall–Kier alpha value is -2.63. The van der Waals surface area contributed by atoms with E-state index in [1.54, 1.807) is 33.2 Å². The fraction of sp³-hybridized carbons (Fsp3) is 0.267. The van der Waals surface area contributed by atoms with E-state index in [0.29, 0.717) is 16.7 Å². The topological polar surface area (TPSA) is 77.9 Å². The number of ether oxygens (including phenoxy) is 1. The summed E-state index contributed by atoms with van der Waals surface area (Å²) in [6, 6.07) is 3.69. The normalized spacial score (nSPS) is 11.8. The highest BCUT2D eigenvalue weighted by Gasteiger charge is 2.19. The molecule has 106 valence electrons. The minimum absolute atomic E-state index is 0.169. The van der Waals surface area contributed by atoms with Gasteiger partial charge in [-0.1, -0.05) is 0 Å². The molecule has 6 heteroatoms. The molecule has 0 saturated heterocycles. The first kappa shape index (κ1) is 13.4. The summed E-state index contributed by atoms with van der Waals surface area (Å²) < 4.78 is 5.29. The molecule has 6 nitrogen and oxygen atoms in total. The highest BCUT2D eigenvalue weighted by Crippen LogP contribution is 2.19. The Morgan fingerprint density at radius 2 is 1.95 bits per heavy atom. The SMILES string of the molecule is CC(C)(C)OC(=O)c1cnc2c(cnc3ncccc32)n1. The predicted octanol–water partition coefficient (Wildman–Crippen LogP) is 2.53. The van der Waals surface area contributed by atoms with Crippen molar-refractivity contribution < 1.29 is 9.53 Å². The molecule has 0 spiro atoms. The molecule has 0 aliphatic heterocycles. The van der Waals surface area contributed by atoms with Crippen LogP contribution < -0.4 is 0 Å². The van der Waals surface area contributed by atoms with E-state index in [0.717, 1.165) is 5.39 Å². The van der Waals surface area contributed by atoms with Crippen molar-refractivity contribution in [1.29, 1.82) is 0 Å². The van der Waals surface area contributed by atoms with Gasteiger partial charge in [-0.2, -0.15) is 0 Å². The van der Waals surface area contributed by atoms with Crippen molar-refractivity contribution in [3.63, 3.8) is 0 Å².